The maximum absolute atomic E-state index is 6.09. The van der Waals surface area contributed by atoms with Crippen LogP contribution in [0.5, 0.6) is 0 Å². The van der Waals surface area contributed by atoms with E-state index >= 15 is 0 Å². The second kappa shape index (κ2) is 7.08. The van der Waals surface area contributed by atoms with Crippen molar-refractivity contribution in [2.75, 3.05) is 6.54 Å². The first-order valence-electron chi connectivity index (χ1n) is 8.64. The molecule has 0 spiro atoms. The average Bonchev–Trinajstić information content (AvgIpc) is 2.38. The van der Waals surface area contributed by atoms with Crippen molar-refractivity contribution in [3.8, 4) is 0 Å². The smallest absolute Gasteiger partial charge is 0.0149 e. The maximum Gasteiger partial charge on any atom is 0.0149 e. The molecule has 0 saturated heterocycles. The number of nitrogens with zero attached hydrogens (tertiary/aromatic N) is 1. The van der Waals surface area contributed by atoms with Crippen molar-refractivity contribution in [2.24, 2.45) is 17.6 Å². The van der Waals surface area contributed by atoms with Crippen LogP contribution in [0, 0.1) is 11.8 Å². The van der Waals surface area contributed by atoms with Gasteiger partial charge in [0.05, 0.1) is 0 Å². The van der Waals surface area contributed by atoms with Crippen LogP contribution < -0.4 is 5.73 Å². The molecular weight excluding hydrogens is 232 g/mol. The van der Waals surface area contributed by atoms with Gasteiger partial charge in [0, 0.05) is 18.1 Å². The second-order valence-corrected chi connectivity index (χ2v) is 7.18. The van der Waals surface area contributed by atoms with Crippen molar-refractivity contribution in [2.45, 2.75) is 90.3 Å². The lowest BCUT2D eigenvalue weighted by Gasteiger charge is -2.48. The summed E-state index contributed by atoms with van der Waals surface area (Å²) in [5.74, 6) is 1.76. The van der Waals surface area contributed by atoms with E-state index in [-0.39, 0.29) is 0 Å². The molecule has 2 heteroatoms. The summed E-state index contributed by atoms with van der Waals surface area (Å²) in [6, 6.07) is 2.11. The summed E-state index contributed by atoms with van der Waals surface area (Å²) in [4.78, 5) is 2.89. The zero-order valence-electron chi connectivity index (χ0n) is 13.3. The molecule has 2 unspecified atom stereocenters. The molecule has 0 aromatic carbocycles. The van der Waals surface area contributed by atoms with Gasteiger partial charge in [0.15, 0.2) is 0 Å². The highest BCUT2D eigenvalue weighted by Crippen LogP contribution is 2.36. The fraction of sp³-hybridized carbons (Fsp3) is 1.00. The van der Waals surface area contributed by atoms with Crippen molar-refractivity contribution in [1.29, 1.82) is 0 Å². The minimum atomic E-state index is 0.473. The van der Waals surface area contributed by atoms with Crippen LogP contribution in [0.4, 0.5) is 0 Å². The third-order valence-electron chi connectivity index (χ3n) is 5.56. The van der Waals surface area contributed by atoms with Crippen molar-refractivity contribution < 1.29 is 0 Å². The SMILES string of the molecule is CCCN(C1CCC(N)CC1)C1C(C)CCCC1C. The van der Waals surface area contributed by atoms with Gasteiger partial charge in [-0.3, -0.25) is 4.90 Å². The van der Waals surface area contributed by atoms with Gasteiger partial charge in [-0.15, -0.1) is 0 Å². The van der Waals surface area contributed by atoms with Crippen LogP contribution in [-0.4, -0.2) is 29.6 Å². The Morgan fingerprint density at radius 3 is 2.05 bits per heavy atom. The van der Waals surface area contributed by atoms with Crippen molar-refractivity contribution in [3.63, 3.8) is 0 Å². The van der Waals surface area contributed by atoms with Crippen LogP contribution in [-0.2, 0) is 0 Å². The molecule has 2 aliphatic carbocycles. The first-order valence-corrected chi connectivity index (χ1v) is 8.64. The summed E-state index contributed by atoms with van der Waals surface area (Å²) >= 11 is 0. The second-order valence-electron chi connectivity index (χ2n) is 7.18. The van der Waals surface area contributed by atoms with Gasteiger partial charge in [0.1, 0.15) is 0 Å². The van der Waals surface area contributed by atoms with Crippen LogP contribution in [0.25, 0.3) is 0 Å². The maximum atomic E-state index is 6.09. The third-order valence-corrected chi connectivity index (χ3v) is 5.56. The number of hydrogen-bond acceptors (Lipinski definition) is 2. The molecule has 2 aliphatic rings. The summed E-state index contributed by atoms with van der Waals surface area (Å²) in [6.45, 7) is 8.59. The Hall–Kier alpha value is -0.0800. The molecule has 0 bridgehead atoms. The lowest BCUT2D eigenvalue weighted by atomic mass is 9.76. The molecule has 2 fully saturated rings. The van der Waals surface area contributed by atoms with Gasteiger partial charge >= 0.3 is 0 Å². The van der Waals surface area contributed by atoms with Gasteiger partial charge in [-0.1, -0.05) is 27.2 Å². The Kier molecular flexibility index (Phi) is 5.70. The van der Waals surface area contributed by atoms with E-state index in [0.29, 0.717) is 6.04 Å². The highest BCUT2D eigenvalue weighted by atomic mass is 15.2. The molecule has 2 saturated carbocycles. The Bertz CT molecular complexity index is 248. The van der Waals surface area contributed by atoms with Gasteiger partial charge in [0.25, 0.3) is 0 Å². The number of nitrogens with two attached hydrogens (primary N) is 1. The number of rotatable bonds is 4. The van der Waals surface area contributed by atoms with Crippen LogP contribution in [0.3, 0.4) is 0 Å². The van der Waals surface area contributed by atoms with Crippen LogP contribution in [0.2, 0.25) is 0 Å². The first kappa shape index (κ1) is 15.3. The highest BCUT2D eigenvalue weighted by Gasteiger charge is 2.36. The summed E-state index contributed by atoms with van der Waals surface area (Å²) in [6.07, 6.45) is 10.7. The molecule has 0 heterocycles. The summed E-state index contributed by atoms with van der Waals surface area (Å²) in [7, 11) is 0. The van der Waals surface area contributed by atoms with Crippen molar-refractivity contribution in [3.05, 3.63) is 0 Å². The predicted octanol–water partition coefficient (Wildman–Crippen LogP) is 3.79. The predicted molar refractivity (Wildman–Crippen MR) is 83.2 cm³/mol. The van der Waals surface area contributed by atoms with Gasteiger partial charge in [0.2, 0.25) is 0 Å². The monoisotopic (exact) mass is 266 g/mol. The Balaban J connectivity index is 2.05. The molecule has 0 amide bonds. The van der Waals surface area contributed by atoms with Gasteiger partial charge in [-0.25, -0.2) is 0 Å². The standard InChI is InChI=1S/C17H34N2/c1-4-12-19(16-10-8-15(18)9-11-16)17-13(2)6-5-7-14(17)3/h13-17H,4-12,18H2,1-3H3. The molecule has 112 valence electrons. The van der Waals surface area contributed by atoms with Crippen molar-refractivity contribution in [1.82, 2.24) is 4.90 Å². The molecule has 2 atom stereocenters. The lowest BCUT2D eigenvalue weighted by Crippen LogP contribution is -2.52. The summed E-state index contributed by atoms with van der Waals surface area (Å²) in [5, 5.41) is 0. The third kappa shape index (κ3) is 3.72. The van der Waals surface area contributed by atoms with Crippen LogP contribution in [0.1, 0.15) is 72.1 Å². The molecule has 19 heavy (non-hydrogen) atoms. The fourth-order valence-electron chi connectivity index (χ4n) is 4.58. The molecule has 0 aliphatic heterocycles. The quantitative estimate of drug-likeness (QED) is 0.839. The lowest BCUT2D eigenvalue weighted by molar-refractivity contribution is 0.0191. The first-order chi connectivity index (χ1) is 9.13. The van der Waals surface area contributed by atoms with E-state index in [0.717, 1.165) is 23.9 Å². The van der Waals surface area contributed by atoms with E-state index in [9.17, 15) is 0 Å². The summed E-state index contributed by atoms with van der Waals surface area (Å²) in [5.41, 5.74) is 6.09. The van der Waals surface area contributed by atoms with Crippen LogP contribution >= 0.6 is 0 Å². The van der Waals surface area contributed by atoms with Crippen molar-refractivity contribution >= 4 is 0 Å². The topological polar surface area (TPSA) is 29.3 Å². The van der Waals surface area contributed by atoms with E-state index < -0.39 is 0 Å². The van der Waals surface area contributed by atoms with E-state index in [1.54, 1.807) is 0 Å². The van der Waals surface area contributed by atoms with Crippen LogP contribution in [0.15, 0.2) is 0 Å². The van der Waals surface area contributed by atoms with E-state index in [2.05, 4.69) is 25.7 Å². The zero-order chi connectivity index (χ0) is 13.8. The van der Waals surface area contributed by atoms with Gasteiger partial charge in [-0.2, -0.15) is 0 Å². The Morgan fingerprint density at radius 2 is 1.53 bits per heavy atom. The van der Waals surface area contributed by atoms with Gasteiger partial charge in [-0.05, 0) is 63.3 Å². The number of hydrogen-bond donors (Lipinski definition) is 1. The largest absolute Gasteiger partial charge is 0.328 e. The molecule has 2 nitrogen and oxygen atoms in total. The Labute approximate surface area is 120 Å². The molecule has 0 aromatic rings. The Morgan fingerprint density at radius 1 is 0.947 bits per heavy atom. The van der Waals surface area contributed by atoms with E-state index in [4.69, 9.17) is 5.73 Å². The summed E-state index contributed by atoms with van der Waals surface area (Å²) < 4.78 is 0. The van der Waals surface area contributed by atoms with Gasteiger partial charge < -0.3 is 5.73 Å². The molecule has 0 radical (unpaired) electrons. The molecule has 2 rings (SSSR count). The normalized spacial score (nSPS) is 40.6. The molecule has 0 aromatic heterocycles. The van der Waals surface area contributed by atoms with E-state index in [1.807, 2.05) is 0 Å². The molecular formula is C17H34N2. The molecule has 2 N–H and O–H groups in total. The van der Waals surface area contributed by atoms with E-state index in [1.165, 1.54) is 57.9 Å². The zero-order valence-corrected chi connectivity index (χ0v) is 13.3. The highest BCUT2D eigenvalue weighted by molar-refractivity contribution is 4.91. The minimum absolute atomic E-state index is 0.473. The average molecular weight is 266 g/mol. The minimum Gasteiger partial charge on any atom is -0.328 e. The fourth-order valence-corrected chi connectivity index (χ4v) is 4.58.